The summed E-state index contributed by atoms with van der Waals surface area (Å²) >= 11 is 0. The van der Waals surface area contributed by atoms with Crippen molar-refractivity contribution in [1.82, 2.24) is 4.90 Å². The van der Waals surface area contributed by atoms with E-state index in [1.165, 1.54) is 0 Å². The molecule has 23 heavy (non-hydrogen) atoms. The number of rotatable bonds is 4. The number of benzene rings is 1. The molecule has 0 unspecified atom stereocenters. The van der Waals surface area contributed by atoms with E-state index in [1.807, 2.05) is 41.6 Å². The van der Waals surface area contributed by atoms with Gasteiger partial charge in [-0.25, -0.2) is 0 Å². The van der Waals surface area contributed by atoms with Crippen molar-refractivity contribution in [3.63, 3.8) is 0 Å². The van der Waals surface area contributed by atoms with E-state index in [0.717, 1.165) is 35.0 Å². The van der Waals surface area contributed by atoms with Gasteiger partial charge in [0.2, 0.25) is 0 Å². The molecule has 0 spiro atoms. The van der Waals surface area contributed by atoms with E-state index >= 15 is 0 Å². The van der Waals surface area contributed by atoms with Crippen LogP contribution in [-0.2, 0) is 9.53 Å². The van der Waals surface area contributed by atoms with Gasteiger partial charge in [0.15, 0.2) is 0 Å². The summed E-state index contributed by atoms with van der Waals surface area (Å²) in [7, 11) is 9.27. The fourth-order valence-corrected chi connectivity index (χ4v) is 2.09. The molecule has 0 saturated heterocycles. The number of methoxy groups -OCH3 is 1. The standard InChI is InChI=1S/C17H16BNO.C2H6O/c1-3-15(16-6-4-5-7-17(16)18)11-19-9-8-14(12-20)10-13(19)2;1-3-2/h4-12H,2-3H2,1H3;1-2H3/b15-11+;. The Morgan fingerprint density at radius 1 is 1.35 bits per heavy atom. The molecule has 0 saturated carbocycles. The minimum absolute atomic E-state index is 0.622. The Bertz CT molecular complexity index is 645. The highest BCUT2D eigenvalue weighted by molar-refractivity contribution is 6.34. The average Bonchev–Trinajstić information content (AvgIpc) is 2.55. The zero-order valence-corrected chi connectivity index (χ0v) is 14.0. The monoisotopic (exact) mass is 307 g/mol. The normalized spacial score (nSPS) is 14.0. The smallest absolute Gasteiger partial charge is 0.150 e. The Kier molecular flexibility index (Phi) is 7.85. The number of allylic oxidation sites excluding steroid dienone is 4. The van der Waals surface area contributed by atoms with Gasteiger partial charge in [0, 0.05) is 37.9 Å². The van der Waals surface area contributed by atoms with Crippen LogP contribution in [0.2, 0.25) is 0 Å². The molecular weight excluding hydrogens is 285 g/mol. The van der Waals surface area contributed by atoms with Gasteiger partial charge in [-0.2, -0.15) is 0 Å². The van der Waals surface area contributed by atoms with Crippen LogP contribution in [0.25, 0.3) is 5.57 Å². The first-order chi connectivity index (χ1) is 11.1. The number of hydrogen-bond acceptors (Lipinski definition) is 3. The third-order valence-electron chi connectivity index (χ3n) is 3.21. The van der Waals surface area contributed by atoms with Crippen molar-refractivity contribution in [2.75, 3.05) is 14.2 Å². The number of aldehydes is 1. The van der Waals surface area contributed by atoms with Gasteiger partial charge in [-0.1, -0.05) is 43.2 Å². The first-order valence-electron chi connectivity index (χ1n) is 7.35. The van der Waals surface area contributed by atoms with Crippen molar-refractivity contribution in [1.29, 1.82) is 0 Å². The van der Waals surface area contributed by atoms with Crippen LogP contribution in [0.4, 0.5) is 0 Å². The maximum absolute atomic E-state index is 10.7. The predicted molar refractivity (Wildman–Crippen MR) is 97.3 cm³/mol. The van der Waals surface area contributed by atoms with Gasteiger partial charge in [-0.15, -0.1) is 0 Å². The van der Waals surface area contributed by atoms with Crippen molar-refractivity contribution in [2.45, 2.75) is 13.3 Å². The molecule has 3 nitrogen and oxygen atoms in total. The van der Waals surface area contributed by atoms with Gasteiger partial charge in [0.1, 0.15) is 14.1 Å². The minimum atomic E-state index is 0.622. The number of nitrogens with zero attached hydrogens (tertiary/aromatic N) is 1. The van der Waals surface area contributed by atoms with Crippen molar-refractivity contribution in [3.05, 3.63) is 72.2 Å². The lowest BCUT2D eigenvalue weighted by atomic mass is 9.86. The van der Waals surface area contributed by atoms with Gasteiger partial charge >= 0.3 is 0 Å². The third kappa shape index (κ3) is 5.42. The molecule has 0 amide bonds. The van der Waals surface area contributed by atoms with E-state index in [4.69, 9.17) is 7.85 Å². The molecule has 1 aromatic rings. The summed E-state index contributed by atoms with van der Waals surface area (Å²) in [5.74, 6) is 0. The van der Waals surface area contributed by atoms with E-state index in [-0.39, 0.29) is 0 Å². The Labute approximate surface area is 140 Å². The minimum Gasteiger partial charge on any atom is -0.388 e. The molecule has 4 heteroatoms. The Morgan fingerprint density at radius 3 is 2.52 bits per heavy atom. The summed E-state index contributed by atoms with van der Waals surface area (Å²) in [4.78, 5) is 12.6. The average molecular weight is 307 g/mol. The second-order valence-electron chi connectivity index (χ2n) is 4.98. The highest BCUT2D eigenvalue weighted by Crippen LogP contribution is 2.21. The van der Waals surface area contributed by atoms with Crippen molar-refractivity contribution < 1.29 is 9.53 Å². The number of carbonyl (C=O) groups excluding carboxylic acids is 1. The molecule has 118 valence electrons. The zero-order chi connectivity index (χ0) is 17.2. The van der Waals surface area contributed by atoms with Crippen LogP contribution in [0.5, 0.6) is 0 Å². The molecule has 2 radical (unpaired) electrons. The molecule has 1 aliphatic heterocycles. The lowest BCUT2D eigenvalue weighted by Crippen LogP contribution is -2.14. The third-order valence-corrected chi connectivity index (χ3v) is 3.21. The van der Waals surface area contributed by atoms with Gasteiger partial charge in [0.05, 0.1) is 0 Å². The van der Waals surface area contributed by atoms with E-state index in [9.17, 15) is 4.79 Å². The maximum atomic E-state index is 10.7. The van der Waals surface area contributed by atoms with Gasteiger partial charge in [-0.05, 0) is 29.7 Å². The summed E-state index contributed by atoms with van der Waals surface area (Å²) in [6.45, 7) is 6.05. The second kappa shape index (κ2) is 9.64. The van der Waals surface area contributed by atoms with Crippen molar-refractivity contribution in [2.24, 2.45) is 0 Å². The molecule has 1 heterocycles. The molecule has 0 atom stereocenters. The first-order valence-corrected chi connectivity index (χ1v) is 7.35. The lowest BCUT2D eigenvalue weighted by Gasteiger charge is -2.22. The van der Waals surface area contributed by atoms with Crippen molar-refractivity contribution >= 4 is 25.2 Å². The number of carbonyl (C=O) groups is 1. The predicted octanol–water partition coefficient (Wildman–Crippen LogP) is 2.96. The largest absolute Gasteiger partial charge is 0.388 e. The summed E-state index contributed by atoms with van der Waals surface area (Å²) in [6, 6.07) is 7.79. The topological polar surface area (TPSA) is 29.5 Å². The quantitative estimate of drug-likeness (QED) is 0.633. The van der Waals surface area contributed by atoms with Gasteiger partial charge in [-0.3, -0.25) is 4.79 Å². The Hall–Kier alpha value is -2.33. The van der Waals surface area contributed by atoms with Crippen LogP contribution in [0.15, 0.2) is 66.7 Å². The molecule has 0 aromatic heterocycles. The first kappa shape index (κ1) is 18.7. The van der Waals surface area contributed by atoms with Crippen molar-refractivity contribution in [3.8, 4) is 0 Å². The van der Waals surface area contributed by atoms with Crippen LogP contribution in [0.1, 0.15) is 18.9 Å². The number of hydrogen-bond donors (Lipinski definition) is 0. The molecule has 0 bridgehead atoms. The van der Waals surface area contributed by atoms with Crippen LogP contribution in [0, 0.1) is 0 Å². The van der Waals surface area contributed by atoms with E-state index in [0.29, 0.717) is 5.57 Å². The summed E-state index contributed by atoms with van der Waals surface area (Å²) < 4.78 is 4.25. The van der Waals surface area contributed by atoms with E-state index in [1.54, 1.807) is 26.4 Å². The maximum Gasteiger partial charge on any atom is 0.150 e. The molecule has 1 aliphatic rings. The van der Waals surface area contributed by atoms with Gasteiger partial charge in [0.25, 0.3) is 0 Å². The van der Waals surface area contributed by atoms with Crippen LogP contribution >= 0.6 is 0 Å². The molecule has 0 fully saturated rings. The van der Waals surface area contributed by atoms with Crippen LogP contribution < -0.4 is 5.46 Å². The van der Waals surface area contributed by atoms with Gasteiger partial charge < -0.3 is 9.64 Å². The van der Waals surface area contributed by atoms with E-state index < -0.39 is 0 Å². The molecule has 0 aliphatic carbocycles. The molecule has 2 rings (SSSR count). The number of ether oxygens (including phenoxy) is 1. The highest BCUT2D eigenvalue weighted by Gasteiger charge is 2.09. The SMILES string of the molecule is COC.[B]c1ccccc1/C(=C/N1C=CC(C=O)=CC1=C)CC. The fourth-order valence-electron chi connectivity index (χ4n) is 2.09. The lowest BCUT2D eigenvalue weighted by molar-refractivity contribution is -0.104. The highest BCUT2D eigenvalue weighted by atomic mass is 16.4. The Balaban J connectivity index is 0.000000816. The molecule has 0 N–H and O–H groups in total. The van der Waals surface area contributed by atoms with Crippen LogP contribution in [0.3, 0.4) is 0 Å². The summed E-state index contributed by atoms with van der Waals surface area (Å²) in [5, 5.41) is 0. The molecule has 1 aromatic carbocycles. The summed E-state index contributed by atoms with van der Waals surface area (Å²) in [5.41, 5.74) is 4.29. The fraction of sp³-hybridized carbons (Fsp3) is 0.211. The Morgan fingerprint density at radius 2 is 2.00 bits per heavy atom. The molecular formula is C19H22BNO2. The second-order valence-corrected chi connectivity index (χ2v) is 4.98. The summed E-state index contributed by atoms with van der Waals surface area (Å²) in [6.07, 6.45) is 9.03. The van der Waals surface area contributed by atoms with E-state index in [2.05, 4.69) is 18.2 Å². The van der Waals surface area contributed by atoms with Crippen LogP contribution in [-0.4, -0.2) is 33.3 Å². The zero-order valence-electron chi connectivity index (χ0n) is 14.0.